The lowest BCUT2D eigenvalue weighted by atomic mass is 10.2. The number of carbonyl (C=O) groups excluding carboxylic acids is 2. The normalized spacial score (nSPS) is 10.5. The second-order valence-electron chi connectivity index (χ2n) is 4.89. The molecule has 6 nitrogen and oxygen atoms in total. The number of nitrogens with one attached hydrogen (secondary N) is 2. The molecular formula is C17H16ClN3O3. The Labute approximate surface area is 144 Å². The first-order valence-electron chi connectivity index (χ1n) is 7.04. The van der Waals surface area contributed by atoms with Gasteiger partial charge in [0, 0.05) is 10.7 Å². The molecule has 0 unspecified atom stereocenters. The summed E-state index contributed by atoms with van der Waals surface area (Å²) in [5, 5.41) is 6.81. The maximum absolute atomic E-state index is 11.8. The number of nitrogens with zero attached hydrogens (tertiary/aromatic N) is 1. The van der Waals surface area contributed by atoms with Gasteiger partial charge in [-0.25, -0.2) is 5.43 Å². The van der Waals surface area contributed by atoms with E-state index < -0.39 is 11.8 Å². The minimum Gasteiger partial charge on any atom is -0.497 e. The van der Waals surface area contributed by atoms with Crippen LogP contribution >= 0.6 is 11.6 Å². The molecule has 2 aromatic carbocycles. The first-order valence-corrected chi connectivity index (χ1v) is 7.42. The van der Waals surface area contributed by atoms with Gasteiger partial charge in [0.25, 0.3) is 0 Å². The summed E-state index contributed by atoms with van der Waals surface area (Å²) in [5.74, 6) is -1.02. The van der Waals surface area contributed by atoms with Crippen molar-refractivity contribution in [1.82, 2.24) is 5.43 Å². The predicted molar refractivity (Wildman–Crippen MR) is 93.5 cm³/mol. The highest BCUT2D eigenvalue weighted by atomic mass is 35.5. The summed E-state index contributed by atoms with van der Waals surface area (Å²) in [6, 6.07) is 12.1. The van der Waals surface area contributed by atoms with E-state index in [1.165, 1.54) is 6.21 Å². The Hall–Kier alpha value is -2.86. The van der Waals surface area contributed by atoms with Crippen molar-refractivity contribution < 1.29 is 14.3 Å². The molecule has 2 N–H and O–H groups in total. The lowest BCUT2D eigenvalue weighted by Crippen LogP contribution is -2.32. The second kappa shape index (κ2) is 8.12. The van der Waals surface area contributed by atoms with E-state index in [4.69, 9.17) is 16.3 Å². The number of methoxy groups -OCH3 is 1. The number of hydrazone groups is 1. The van der Waals surface area contributed by atoms with Crippen molar-refractivity contribution in [3.63, 3.8) is 0 Å². The molecular weight excluding hydrogens is 330 g/mol. The summed E-state index contributed by atoms with van der Waals surface area (Å²) >= 11 is 5.84. The molecule has 0 aromatic heterocycles. The first kappa shape index (κ1) is 17.5. The fraction of sp³-hybridized carbons (Fsp3) is 0.118. The number of halogens is 1. The van der Waals surface area contributed by atoms with Crippen molar-refractivity contribution in [3.8, 4) is 5.75 Å². The van der Waals surface area contributed by atoms with Crippen molar-refractivity contribution in [1.29, 1.82) is 0 Å². The van der Waals surface area contributed by atoms with Crippen LogP contribution in [0.3, 0.4) is 0 Å². The molecule has 24 heavy (non-hydrogen) atoms. The lowest BCUT2D eigenvalue weighted by molar-refractivity contribution is -0.136. The second-order valence-corrected chi connectivity index (χ2v) is 5.33. The van der Waals surface area contributed by atoms with Crippen molar-refractivity contribution in [2.75, 3.05) is 12.4 Å². The van der Waals surface area contributed by atoms with Crippen LogP contribution in [-0.4, -0.2) is 25.1 Å². The van der Waals surface area contributed by atoms with Gasteiger partial charge >= 0.3 is 11.8 Å². The summed E-state index contributed by atoms with van der Waals surface area (Å²) in [6.45, 7) is 1.78. The molecule has 0 fully saturated rings. The number of hydrogen-bond donors (Lipinski definition) is 2. The Morgan fingerprint density at radius 1 is 1.17 bits per heavy atom. The zero-order chi connectivity index (χ0) is 17.5. The smallest absolute Gasteiger partial charge is 0.329 e. The first-order chi connectivity index (χ1) is 11.5. The number of rotatable bonds is 4. The van der Waals surface area contributed by atoms with E-state index >= 15 is 0 Å². The van der Waals surface area contributed by atoms with Gasteiger partial charge in [-0.15, -0.1) is 0 Å². The average molecular weight is 346 g/mol. The van der Waals surface area contributed by atoms with Gasteiger partial charge in [-0.05, 0) is 48.4 Å². The quantitative estimate of drug-likeness (QED) is 0.508. The van der Waals surface area contributed by atoms with Crippen LogP contribution in [-0.2, 0) is 9.59 Å². The maximum Gasteiger partial charge on any atom is 0.329 e. The summed E-state index contributed by atoms with van der Waals surface area (Å²) < 4.78 is 5.08. The van der Waals surface area contributed by atoms with E-state index in [2.05, 4.69) is 15.8 Å². The molecule has 124 valence electrons. The number of benzene rings is 2. The third-order valence-electron chi connectivity index (χ3n) is 3.12. The molecule has 2 rings (SSSR count). The zero-order valence-electron chi connectivity index (χ0n) is 13.2. The molecule has 2 aromatic rings. The van der Waals surface area contributed by atoms with E-state index in [0.29, 0.717) is 16.5 Å². The number of anilines is 1. The average Bonchev–Trinajstić information content (AvgIpc) is 2.57. The van der Waals surface area contributed by atoms with Gasteiger partial charge in [-0.1, -0.05) is 23.7 Å². The standard InChI is InChI=1S/C17H16ClN3O3/c1-11-8-13(18)6-7-15(11)20-16(22)17(23)21-19-10-12-4-3-5-14(9-12)24-2/h3-10H,1-2H3,(H,20,22)(H,21,23)/b19-10+. The SMILES string of the molecule is COc1cccc(/C=N/NC(=O)C(=O)Nc2ccc(Cl)cc2C)c1. The van der Waals surface area contributed by atoms with Gasteiger partial charge in [0.15, 0.2) is 0 Å². The minimum absolute atomic E-state index is 0.510. The molecule has 7 heteroatoms. The van der Waals surface area contributed by atoms with Gasteiger partial charge in [0.2, 0.25) is 0 Å². The summed E-state index contributed by atoms with van der Waals surface area (Å²) in [4.78, 5) is 23.6. The van der Waals surface area contributed by atoms with Crippen molar-refractivity contribution in [3.05, 3.63) is 58.6 Å². The number of ether oxygens (including phenoxy) is 1. The van der Waals surface area contributed by atoms with Crippen LogP contribution in [0.25, 0.3) is 0 Å². The van der Waals surface area contributed by atoms with Gasteiger partial charge in [0.1, 0.15) is 5.75 Å². The Morgan fingerprint density at radius 2 is 1.96 bits per heavy atom. The van der Waals surface area contributed by atoms with Gasteiger partial charge in [-0.2, -0.15) is 5.10 Å². The molecule has 0 aliphatic rings. The Balaban J connectivity index is 1.93. The van der Waals surface area contributed by atoms with E-state index in [9.17, 15) is 9.59 Å². The van der Waals surface area contributed by atoms with E-state index in [-0.39, 0.29) is 0 Å². The highest BCUT2D eigenvalue weighted by Gasteiger charge is 2.13. The number of aryl methyl sites for hydroxylation is 1. The van der Waals surface area contributed by atoms with Gasteiger partial charge < -0.3 is 10.1 Å². The largest absolute Gasteiger partial charge is 0.497 e. The van der Waals surface area contributed by atoms with E-state index in [1.54, 1.807) is 56.5 Å². The summed E-state index contributed by atoms with van der Waals surface area (Å²) in [7, 11) is 1.56. The monoisotopic (exact) mass is 345 g/mol. The molecule has 2 amide bonds. The molecule has 0 aliphatic carbocycles. The molecule has 0 saturated carbocycles. The molecule has 0 atom stereocenters. The third kappa shape index (κ3) is 4.82. The van der Waals surface area contributed by atoms with Crippen molar-refractivity contribution in [2.45, 2.75) is 6.92 Å². The summed E-state index contributed by atoms with van der Waals surface area (Å²) in [5.41, 5.74) is 4.16. The van der Waals surface area contributed by atoms with Crippen molar-refractivity contribution >= 4 is 35.3 Å². The van der Waals surface area contributed by atoms with Crippen LogP contribution in [0.2, 0.25) is 5.02 Å². The minimum atomic E-state index is -0.872. The van der Waals surface area contributed by atoms with Crippen LogP contribution in [0.15, 0.2) is 47.6 Å². The molecule has 0 bridgehead atoms. The van der Waals surface area contributed by atoms with Crippen molar-refractivity contribution in [2.24, 2.45) is 5.10 Å². The number of amides is 2. The van der Waals surface area contributed by atoms with Gasteiger partial charge in [0.05, 0.1) is 13.3 Å². The third-order valence-corrected chi connectivity index (χ3v) is 3.35. The predicted octanol–water partition coefficient (Wildman–Crippen LogP) is 2.75. The van der Waals surface area contributed by atoms with Crippen LogP contribution in [0.4, 0.5) is 5.69 Å². The van der Waals surface area contributed by atoms with Crippen LogP contribution in [0.5, 0.6) is 5.75 Å². The molecule has 0 radical (unpaired) electrons. The highest BCUT2D eigenvalue weighted by Crippen LogP contribution is 2.19. The molecule has 0 heterocycles. The Kier molecular flexibility index (Phi) is 5.92. The zero-order valence-corrected chi connectivity index (χ0v) is 13.9. The lowest BCUT2D eigenvalue weighted by Gasteiger charge is -2.07. The highest BCUT2D eigenvalue weighted by molar-refractivity contribution is 6.39. The molecule has 0 spiro atoms. The molecule has 0 aliphatic heterocycles. The van der Waals surface area contributed by atoms with E-state index in [0.717, 1.165) is 11.1 Å². The maximum atomic E-state index is 11.8. The Bertz CT molecular complexity index is 790. The van der Waals surface area contributed by atoms with Gasteiger partial charge in [-0.3, -0.25) is 9.59 Å². The fourth-order valence-corrected chi connectivity index (χ4v) is 2.11. The number of carbonyl (C=O) groups is 2. The Morgan fingerprint density at radius 3 is 2.67 bits per heavy atom. The fourth-order valence-electron chi connectivity index (χ4n) is 1.88. The number of hydrogen-bond acceptors (Lipinski definition) is 4. The van der Waals surface area contributed by atoms with E-state index in [1.807, 2.05) is 0 Å². The summed E-state index contributed by atoms with van der Waals surface area (Å²) in [6.07, 6.45) is 1.42. The topological polar surface area (TPSA) is 79.8 Å². The van der Waals surface area contributed by atoms with Crippen LogP contribution in [0, 0.1) is 6.92 Å². The molecule has 0 saturated heterocycles. The van der Waals surface area contributed by atoms with Crippen LogP contribution in [0.1, 0.15) is 11.1 Å². The van der Waals surface area contributed by atoms with Crippen LogP contribution < -0.4 is 15.5 Å².